The van der Waals surface area contributed by atoms with Gasteiger partial charge in [-0.3, -0.25) is 9.88 Å². The summed E-state index contributed by atoms with van der Waals surface area (Å²) in [6.45, 7) is 7.42. The summed E-state index contributed by atoms with van der Waals surface area (Å²) in [5, 5.41) is 10.5. The molecule has 19 heavy (non-hydrogen) atoms. The zero-order valence-electron chi connectivity index (χ0n) is 11.5. The van der Waals surface area contributed by atoms with E-state index in [1.165, 1.54) is 0 Å². The van der Waals surface area contributed by atoms with Gasteiger partial charge in [-0.15, -0.1) is 0 Å². The second-order valence-electron chi connectivity index (χ2n) is 5.48. The lowest BCUT2D eigenvalue weighted by Gasteiger charge is -2.43. The highest BCUT2D eigenvalue weighted by atomic mass is 79.9. The molecule has 2 rings (SSSR count). The molecule has 4 nitrogen and oxygen atoms in total. The van der Waals surface area contributed by atoms with Crippen molar-refractivity contribution in [3.05, 3.63) is 28.5 Å². The molecule has 1 aromatic heterocycles. The van der Waals surface area contributed by atoms with Gasteiger partial charge in [-0.2, -0.15) is 0 Å². The lowest BCUT2D eigenvalue weighted by molar-refractivity contribution is -0.0612. The normalized spacial score (nSPS) is 19.4. The summed E-state index contributed by atoms with van der Waals surface area (Å²) in [5.41, 5.74) is 0.787. The van der Waals surface area contributed by atoms with Gasteiger partial charge in [0.05, 0.1) is 19.3 Å². The minimum Gasteiger partial charge on any atom is -0.391 e. The third-order valence-electron chi connectivity index (χ3n) is 3.83. The summed E-state index contributed by atoms with van der Waals surface area (Å²) in [5.74, 6) is 0. The van der Waals surface area contributed by atoms with E-state index < -0.39 is 6.10 Å². The minimum atomic E-state index is -0.429. The fourth-order valence-corrected chi connectivity index (χ4v) is 2.80. The summed E-state index contributed by atoms with van der Waals surface area (Å²) >= 11 is 3.41. The van der Waals surface area contributed by atoms with Crippen LogP contribution in [0.2, 0.25) is 0 Å². The fraction of sp³-hybridized carbons (Fsp3) is 0.643. The number of nitrogens with zero attached hydrogens (tertiary/aromatic N) is 2. The summed E-state index contributed by atoms with van der Waals surface area (Å²) in [6, 6.07) is 2.01. The Labute approximate surface area is 122 Å². The highest BCUT2D eigenvalue weighted by molar-refractivity contribution is 9.10. The van der Waals surface area contributed by atoms with Gasteiger partial charge in [0.1, 0.15) is 0 Å². The molecule has 0 saturated carbocycles. The highest BCUT2D eigenvalue weighted by Crippen LogP contribution is 2.23. The lowest BCUT2D eigenvalue weighted by atomic mass is 9.90. The number of halogens is 1. The average molecular weight is 329 g/mol. The zero-order valence-corrected chi connectivity index (χ0v) is 13.1. The summed E-state index contributed by atoms with van der Waals surface area (Å²) in [4.78, 5) is 6.44. The number of ether oxygens (including phenoxy) is 1. The Bertz CT molecular complexity index is 420. The third-order valence-corrected chi connectivity index (χ3v) is 4.27. The van der Waals surface area contributed by atoms with E-state index in [0.29, 0.717) is 6.42 Å². The van der Waals surface area contributed by atoms with Crippen molar-refractivity contribution >= 4 is 15.9 Å². The van der Waals surface area contributed by atoms with Crippen LogP contribution in [0, 0.1) is 0 Å². The van der Waals surface area contributed by atoms with Crippen molar-refractivity contribution in [3.63, 3.8) is 0 Å². The van der Waals surface area contributed by atoms with Crippen LogP contribution in [0.4, 0.5) is 0 Å². The summed E-state index contributed by atoms with van der Waals surface area (Å²) < 4.78 is 6.31. The van der Waals surface area contributed by atoms with Crippen molar-refractivity contribution in [1.82, 2.24) is 9.88 Å². The van der Waals surface area contributed by atoms with Crippen LogP contribution >= 0.6 is 15.9 Å². The quantitative estimate of drug-likeness (QED) is 0.916. The molecule has 1 aromatic rings. The molecule has 1 unspecified atom stereocenters. The van der Waals surface area contributed by atoms with Crippen LogP contribution in [0.5, 0.6) is 0 Å². The van der Waals surface area contributed by atoms with E-state index in [2.05, 4.69) is 39.7 Å². The molecule has 0 amide bonds. The average Bonchev–Trinajstić information content (AvgIpc) is 2.39. The Morgan fingerprint density at radius 2 is 2.11 bits per heavy atom. The smallest absolute Gasteiger partial charge is 0.0759 e. The van der Waals surface area contributed by atoms with Gasteiger partial charge < -0.3 is 9.84 Å². The zero-order chi connectivity index (χ0) is 13.9. The molecule has 0 spiro atoms. The molecular formula is C14H21BrN2O2. The molecule has 106 valence electrons. The molecule has 1 atom stereocenters. The van der Waals surface area contributed by atoms with Crippen LogP contribution in [0.15, 0.2) is 22.9 Å². The van der Waals surface area contributed by atoms with Crippen molar-refractivity contribution in [2.24, 2.45) is 0 Å². The molecule has 2 heterocycles. The molecule has 5 heteroatoms. The topological polar surface area (TPSA) is 45.6 Å². The van der Waals surface area contributed by atoms with Gasteiger partial charge in [-0.25, -0.2) is 0 Å². The first-order valence-electron chi connectivity index (χ1n) is 6.60. The van der Waals surface area contributed by atoms with Crippen molar-refractivity contribution < 1.29 is 9.84 Å². The second kappa shape index (κ2) is 6.31. The van der Waals surface area contributed by atoms with Crippen molar-refractivity contribution in [1.29, 1.82) is 0 Å². The Hall–Kier alpha value is -0.490. The number of rotatable bonds is 4. The van der Waals surface area contributed by atoms with Crippen LogP contribution in [-0.4, -0.2) is 52.9 Å². The standard InChI is InChI=1S/C14H21BrN2O2/c1-14(2,17-3-5-19-6-4-17)13(18)8-11-7-12(15)10-16-9-11/h7,9-10,13,18H,3-6,8H2,1-2H3. The number of aliphatic hydroxyl groups excluding tert-OH is 1. The third kappa shape index (κ3) is 3.75. The molecule has 1 saturated heterocycles. The number of aliphatic hydroxyl groups is 1. The van der Waals surface area contributed by atoms with E-state index in [9.17, 15) is 5.11 Å². The maximum absolute atomic E-state index is 10.5. The van der Waals surface area contributed by atoms with E-state index >= 15 is 0 Å². The summed E-state index contributed by atoms with van der Waals surface area (Å²) in [6.07, 6.45) is 3.74. The predicted octanol–water partition coefficient (Wildman–Crippen LogP) is 1.86. The number of hydrogen-bond donors (Lipinski definition) is 1. The van der Waals surface area contributed by atoms with E-state index in [1.807, 2.05) is 12.3 Å². The van der Waals surface area contributed by atoms with Gasteiger partial charge in [0.15, 0.2) is 0 Å². The first kappa shape index (κ1) is 14.9. The molecule has 1 fully saturated rings. The maximum atomic E-state index is 10.5. The van der Waals surface area contributed by atoms with Crippen LogP contribution in [0.3, 0.4) is 0 Å². The maximum Gasteiger partial charge on any atom is 0.0759 e. The van der Waals surface area contributed by atoms with Gasteiger partial charge in [0.2, 0.25) is 0 Å². The van der Waals surface area contributed by atoms with E-state index in [1.54, 1.807) is 6.20 Å². The second-order valence-corrected chi connectivity index (χ2v) is 6.40. The van der Waals surface area contributed by atoms with Gasteiger partial charge in [-0.05, 0) is 41.4 Å². The number of morpholine rings is 1. The molecule has 0 aromatic carbocycles. The van der Waals surface area contributed by atoms with Crippen LogP contribution in [0.25, 0.3) is 0 Å². The first-order valence-corrected chi connectivity index (χ1v) is 7.40. The number of hydrogen-bond acceptors (Lipinski definition) is 4. The largest absolute Gasteiger partial charge is 0.391 e. The Morgan fingerprint density at radius 3 is 2.74 bits per heavy atom. The SMILES string of the molecule is CC(C)(C(O)Cc1cncc(Br)c1)N1CCOCC1. The van der Waals surface area contributed by atoms with Crippen molar-refractivity contribution in [2.75, 3.05) is 26.3 Å². The Kier molecular flexibility index (Phi) is 4.95. The highest BCUT2D eigenvalue weighted by Gasteiger charge is 2.35. The van der Waals surface area contributed by atoms with E-state index in [0.717, 1.165) is 36.3 Å². The van der Waals surface area contributed by atoms with Crippen LogP contribution in [0.1, 0.15) is 19.4 Å². The summed E-state index contributed by atoms with van der Waals surface area (Å²) in [7, 11) is 0. The molecular weight excluding hydrogens is 308 g/mol. The molecule has 0 radical (unpaired) electrons. The predicted molar refractivity (Wildman–Crippen MR) is 78.1 cm³/mol. The Morgan fingerprint density at radius 1 is 1.42 bits per heavy atom. The van der Waals surface area contributed by atoms with Crippen LogP contribution in [-0.2, 0) is 11.2 Å². The van der Waals surface area contributed by atoms with Crippen molar-refractivity contribution in [3.8, 4) is 0 Å². The molecule has 1 aliphatic heterocycles. The fourth-order valence-electron chi connectivity index (χ4n) is 2.39. The molecule has 1 N–H and O–H groups in total. The van der Waals surface area contributed by atoms with Gasteiger partial charge >= 0.3 is 0 Å². The number of pyridine rings is 1. The van der Waals surface area contributed by atoms with Gasteiger partial charge in [-0.1, -0.05) is 0 Å². The molecule has 0 aliphatic carbocycles. The van der Waals surface area contributed by atoms with E-state index in [-0.39, 0.29) is 5.54 Å². The first-order chi connectivity index (χ1) is 9.00. The Balaban J connectivity index is 2.03. The van der Waals surface area contributed by atoms with Crippen molar-refractivity contribution in [2.45, 2.75) is 31.9 Å². The monoisotopic (exact) mass is 328 g/mol. The number of aromatic nitrogens is 1. The minimum absolute atomic E-state index is 0.258. The molecule has 1 aliphatic rings. The van der Waals surface area contributed by atoms with E-state index in [4.69, 9.17) is 4.74 Å². The van der Waals surface area contributed by atoms with Crippen LogP contribution < -0.4 is 0 Å². The lowest BCUT2D eigenvalue weighted by Crippen LogP contribution is -2.56. The van der Waals surface area contributed by atoms with Gasteiger partial charge in [0, 0.05) is 41.9 Å². The van der Waals surface area contributed by atoms with Gasteiger partial charge in [0.25, 0.3) is 0 Å². The molecule has 0 bridgehead atoms.